The minimum atomic E-state index is -0.0958. The number of rotatable bonds is 5. The van der Waals surface area contributed by atoms with Crippen molar-refractivity contribution in [3.63, 3.8) is 0 Å². The molecule has 0 atom stereocenters. The lowest BCUT2D eigenvalue weighted by Crippen LogP contribution is -2.39. The number of carbonyl (C=O) groups excluding carboxylic acids is 1. The van der Waals surface area contributed by atoms with Gasteiger partial charge in [0, 0.05) is 18.4 Å². The molecule has 1 aromatic heterocycles. The average Bonchev–Trinajstić information content (AvgIpc) is 3.00. The maximum atomic E-state index is 12.2. The Kier molecular flexibility index (Phi) is 3.76. The molecule has 1 aliphatic rings. The Balaban J connectivity index is 1.80. The van der Waals surface area contributed by atoms with Gasteiger partial charge >= 0.3 is 0 Å². The normalized spacial score (nSPS) is 18.2. The van der Waals surface area contributed by atoms with Gasteiger partial charge < -0.3 is 5.32 Å². The van der Waals surface area contributed by atoms with Crippen molar-refractivity contribution < 1.29 is 4.79 Å². The first-order valence-corrected chi connectivity index (χ1v) is 6.39. The summed E-state index contributed by atoms with van der Waals surface area (Å²) in [5.74, 6) is 1.04. The molecule has 0 aromatic carbocycles. The number of H-pyrrole nitrogens is 1. The van der Waals surface area contributed by atoms with E-state index in [4.69, 9.17) is 0 Å². The van der Waals surface area contributed by atoms with E-state index >= 15 is 0 Å². The molecule has 5 nitrogen and oxygen atoms in total. The van der Waals surface area contributed by atoms with Crippen molar-refractivity contribution >= 4 is 5.91 Å². The Morgan fingerprint density at radius 1 is 1.53 bits per heavy atom. The van der Waals surface area contributed by atoms with Crippen LogP contribution in [0.5, 0.6) is 0 Å². The van der Waals surface area contributed by atoms with Crippen molar-refractivity contribution in [1.29, 1.82) is 0 Å². The molecule has 1 saturated carbocycles. The Morgan fingerprint density at radius 2 is 2.29 bits per heavy atom. The number of hydrogen-bond acceptors (Lipinski definition) is 3. The van der Waals surface area contributed by atoms with Crippen LogP contribution in [0.15, 0.2) is 6.33 Å². The highest BCUT2D eigenvalue weighted by Crippen LogP contribution is 2.40. The van der Waals surface area contributed by atoms with Crippen LogP contribution < -0.4 is 5.32 Å². The van der Waals surface area contributed by atoms with E-state index in [1.165, 1.54) is 19.2 Å². The van der Waals surface area contributed by atoms with Gasteiger partial charge in [-0.2, -0.15) is 5.10 Å². The van der Waals surface area contributed by atoms with Crippen molar-refractivity contribution in [2.45, 2.75) is 45.4 Å². The van der Waals surface area contributed by atoms with E-state index in [0.29, 0.717) is 13.0 Å². The highest BCUT2D eigenvalue weighted by Gasteiger charge is 2.38. The van der Waals surface area contributed by atoms with Crippen LogP contribution in [0.4, 0.5) is 0 Å². The van der Waals surface area contributed by atoms with Gasteiger partial charge in [-0.1, -0.05) is 19.8 Å². The van der Waals surface area contributed by atoms with Gasteiger partial charge in [-0.25, -0.2) is 4.98 Å². The summed E-state index contributed by atoms with van der Waals surface area (Å²) in [6, 6.07) is 0. The molecule has 2 rings (SSSR count). The Bertz CT molecular complexity index is 355. The molecule has 0 saturated heterocycles. The van der Waals surface area contributed by atoms with E-state index in [0.717, 1.165) is 25.1 Å². The summed E-state index contributed by atoms with van der Waals surface area (Å²) in [4.78, 5) is 16.2. The van der Waals surface area contributed by atoms with Crippen LogP contribution in [0.2, 0.25) is 0 Å². The predicted octanol–water partition coefficient (Wildman–Crippen LogP) is 1.43. The second kappa shape index (κ2) is 5.29. The third-order valence-corrected chi connectivity index (χ3v) is 3.83. The molecule has 1 aliphatic carbocycles. The van der Waals surface area contributed by atoms with Gasteiger partial charge in [-0.15, -0.1) is 0 Å². The van der Waals surface area contributed by atoms with Gasteiger partial charge in [0.2, 0.25) is 5.91 Å². The molecular weight excluding hydrogens is 216 g/mol. The summed E-state index contributed by atoms with van der Waals surface area (Å²) < 4.78 is 0. The van der Waals surface area contributed by atoms with E-state index in [2.05, 4.69) is 27.4 Å². The Hall–Kier alpha value is -1.39. The molecule has 1 fully saturated rings. The molecule has 1 aromatic rings. The third kappa shape index (κ3) is 2.65. The van der Waals surface area contributed by atoms with Crippen molar-refractivity contribution in [1.82, 2.24) is 20.5 Å². The molecular formula is C12H20N4O. The molecule has 1 heterocycles. The van der Waals surface area contributed by atoms with Crippen LogP contribution in [0.1, 0.15) is 44.9 Å². The number of hydrogen-bond donors (Lipinski definition) is 2. The molecule has 0 bridgehead atoms. The van der Waals surface area contributed by atoms with E-state index in [1.54, 1.807) is 0 Å². The van der Waals surface area contributed by atoms with Gasteiger partial charge in [0.05, 0.1) is 0 Å². The highest BCUT2D eigenvalue weighted by atomic mass is 16.2. The topological polar surface area (TPSA) is 70.7 Å². The summed E-state index contributed by atoms with van der Waals surface area (Å²) >= 11 is 0. The van der Waals surface area contributed by atoms with Crippen LogP contribution in [0, 0.1) is 5.41 Å². The van der Waals surface area contributed by atoms with E-state index in [9.17, 15) is 4.79 Å². The summed E-state index contributed by atoms with van der Waals surface area (Å²) in [5, 5.41) is 9.60. The van der Waals surface area contributed by atoms with Gasteiger partial charge in [-0.3, -0.25) is 9.89 Å². The number of carbonyl (C=O) groups is 1. The average molecular weight is 236 g/mol. The zero-order valence-electron chi connectivity index (χ0n) is 10.3. The van der Waals surface area contributed by atoms with Gasteiger partial charge in [0.25, 0.3) is 0 Å². The lowest BCUT2D eigenvalue weighted by molar-refractivity contribution is -0.131. The molecule has 1 amide bonds. The fourth-order valence-electron chi connectivity index (χ4n) is 2.63. The molecule has 0 radical (unpaired) electrons. The van der Waals surface area contributed by atoms with Gasteiger partial charge in [-0.05, 0) is 19.3 Å². The Labute approximate surface area is 101 Å². The number of nitrogens with zero attached hydrogens (tertiary/aromatic N) is 2. The molecule has 5 heteroatoms. The van der Waals surface area contributed by atoms with E-state index < -0.39 is 0 Å². The molecule has 94 valence electrons. The Morgan fingerprint density at radius 3 is 2.88 bits per heavy atom. The second-order valence-electron chi connectivity index (χ2n) is 4.78. The first-order chi connectivity index (χ1) is 8.27. The van der Waals surface area contributed by atoms with Crippen molar-refractivity contribution in [2.75, 3.05) is 6.54 Å². The minimum Gasteiger partial charge on any atom is -0.355 e. The van der Waals surface area contributed by atoms with E-state index in [1.807, 2.05) is 0 Å². The fraction of sp³-hybridized carbons (Fsp3) is 0.750. The SMILES string of the molecule is CCC1(C(=O)NCCc2ncn[nH]2)CCCC1. The smallest absolute Gasteiger partial charge is 0.226 e. The molecule has 2 N–H and O–H groups in total. The lowest BCUT2D eigenvalue weighted by Gasteiger charge is -2.25. The van der Waals surface area contributed by atoms with Gasteiger partial charge in [0.15, 0.2) is 0 Å². The first-order valence-electron chi connectivity index (χ1n) is 6.39. The first kappa shape index (κ1) is 12.1. The maximum absolute atomic E-state index is 12.2. The summed E-state index contributed by atoms with van der Waals surface area (Å²) in [5.41, 5.74) is -0.0958. The quantitative estimate of drug-likeness (QED) is 0.812. The zero-order valence-corrected chi connectivity index (χ0v) is 10.3. The van der Waals surface area contributed by atoms with Crippen LogP contribution in [0.25, 0.3) is 0 Å². The van der Waals surface area contributed by atoms with Crippen LogP contribution in [0.3, 0.4) is 0 Å². The molecule has 0 unspecified atom stereocenters. The summed E-state index contributed by atoms with van der Waals surface area (Å²) in [7, 11) is 0. The van der Waals surface area contributed by atoms with Crippen molar-refractivity contribution in [3.05, 3.63) is 12.2 Å². The number of aromatic nitrogens is 3. The molecule has 0 spiro atoms. The number of amides is 1. The standard InChI is InChI=1S/C12H20N4O/c1-2-12(6-3-4-7-12)11(17)13-8-5-10-14-9-15-16-10/h9H,2-8H2,1H3,(H,13,17)(H,14,15,16). The maximum Gasteiger partial charge on any atom is 0.226 e. The monoisotopic (exact) mass is 236 g/mol. The van der Waals surface area contributed by atoms with Crippen LogP contribution >= 0.6 is 0 Å². The van der Waals surface area contributed by atoms with E-state index in [-0.39, 0.29) is 11.3 Å². The predicted molar refractivity (Wildman–Crippen MR) is 64.3 cm³/mol. The van der Waals surface area contributed by atoms with Crippen molar-refractivity contribution in [3.8, 4) is 0 Å². The molecule has 17 heavy (non-hydrogen) atoms. The molecule has 0 aliphatic heterocycles. The largest absolute Gasteiger partial charge is 0.355 e. The van der Waals surface area contributed by atoms with Gasteiger partial charge in [0.1, 0.15) is 12.2 Å². The van der Waals surface area contributed by atoms with Crippen LogP contribution in [-0.4, -0.2) is 27.6 Å². The van der Waals surface area contributed by atoms with Crippen molar-refractivity contribution in [2.24, 2.45) is 5.41 Å². The highest BCUT2D eigenvalue weighted by molar-refractivity contribution is 5.82. The summed E-state index contributed by atoms with van der Waals surface area (Å²) in [6.07, 6.45) is 7.59. The number of aromatic amines is 1. The fourth-order valence-corrected chi connectivity index (χ4v) is 2.63. The minimum absolute atomic E-state index is 0.0958. The zero-order chi connectivity index (χ0) is 12.1. The summed E-state index contributed by atoms with van der Waals surface area (Å²) in [6.45, 7) is 2.75. The number of nitrogens with one attached hydrogen (secondary N) is 2. The van der Waals surface area contributed by atoms with Crippen LogP contribution in [-0.2, 0) is 11.2 Å². The third-order valence-electron chi connectivity index (χ3n) is 3.83. The second-order valence-corrected chi connectivity index (χ2v) is 4.78. The lowest BCUT2D eigenvalue weighted by atomic mass is 9.82.